The second-order valence-electron chi connectivity index (χ2n) is 4.51. The van der Waals surface area contributed by atoms with Gasteiger partial charge in [0.05, 0.1) is 10.5 Å². The van der Waals surface area contributed by atoms with E-state index in [0.29, 0.717) is 5.56 Å². The van der Waals surface area contributed by atoms with Crippen molar-refractivity contribution in [3.8, 4) is 0 Å². The van der Waals surface area contributed by atoms with Crippen LogP contribution < -0.4 is 0 Å². The standard InChI is InChI=1S/C15H12FNO3/c1-10-5-6-14(17(19)20)13(7-10)15(18)9-11-3-2-4-12(16)8-11/h2-8H,9H2,1H3. The molecule has 0 aliphatic heterocycles. The monoisotopic (exact) mass is 273 g/mol. The van der Waals surface area contributed by atoms with E-state index in [2.05, 4.69) is 0 Å². The number of aryl methyl sites for hydroxylation is 1. The Balaban J connectivity index is 2.34. The van der Waals surface area contributed by atoms with Crippen LogP contribution in [0.5, 0.6) is 0 Å². The fourth-order valence-corrected chi connectivity index (χ4v) is 1.96. The molecule has 20 heavy (non-hydrogen) atoms. The van der Waals surface area contributed by atoms with Gasteiger partial charge in [0.2, 0.25) is 0 Å². The van der Waals surface area contributed by atoms with E-state index >= 15 is 0 Å². The number of hydrogen-bond donors (Lipinski definition) is 0. The Morgan fingerprint density at radius 2 is 2.00 bits per heavy atom. The highest BCUT2D eigenvalue weighted by atomic mass is 19.1. The van der Waals surface area contributed by atoms with Crippen molar-refractivity contribution in [3.05, 3.63) is 75.1 Å². The number of Topliss-reactive ketones (excluding diaryl/α,β-unsaturated/α-hetero) is 1. The first kappa shape index (κ1) is 13.9. The maximum Gasteiger partial charge on any atom is 0.280 e. The molecule has 0 spiro atoms. The number of carbonyl (C=O) groups is 1. The molecule has 2 aromatic rings. The number of rotatable bonds is 4. The van der Waals surface area contributed by atoms with Crippen molar-refractivity contribution >= 4 is 11.5 Å². The van der Waals surface area contributed by atoms with Gasteiger partial charge in [-0.25, -0.2) is 4.39 Å². The number of nitro benzene ring substituents is 1. The van der Waals surface area contributed by atoms with Crippen LogP contribution in [0.25, 0.3) is 0 Å². The highest BCUT2D eigenvalue weighted by molar-refractivity contribution is 6.01. The minimum atomic E-state index is -0.585. The van der Waals surface area contributed by atoms with E-state index in [-0.39, 0.29) is 17.7 Å². The molecule has 0 heterocycles. The van der Waals surface area contributed by atoms with Crippen LogP contribution in [-0.2, 0) is 6.42 Å². The topological polar surface area (TPSA) is 60.2 Å². The number of halogens is 1. The van der Waals surface area contributed by atoms with Gasteiger partial charge in [0.15, 0.2) is 5.78 Å². The van der Waals surface area contributed by atoms with E-state index in [1.807, 2.05) is 0 Å². The molecule has 0 saturated carbocycles. The molecule has 4 nitrogen and oxygen atoms in total. The third-order valence-electron chi connectivity index (χ3n) is 2.90. The summed E-state index contributed by atoms with van der Waals surface area (Å²) in [6.45, 7) is 1.75. The minimum absolute atomic E-state index is 0.0549. The molecule has 5 heteroatoms. The summed E-state index contributed by atoms with van der Waals surface area (Å²) in [5, 5.41) is 10.9. The highest BCUT2D eigenvalue weighted by Crippen LogP contribution is 2.22. The molecular weight excluding hydrogens is 261 g/mol. The normalized spacial score (nSPS) is 10.3. The molecule has 0 amide bonds. The van der Waals surface area contributed by atoms with Crippen molar-refractivity contribution in [3.63, 3.8) is 0 Å². The van der Waals surface area contributed by atoms with Gasteiger partial charge >= 0.3 is 0 Å². The first-order chi connectivity index (χ1) is 9.47. The smallest absolute Gasteiger partial charge is 0.280 e. The summed E-state index contributed by atoms with van der Waals surface area (Å²) in [6.07, 6.45) is -0.0674. The fraction of sp³-hybridized carbons (Fsp3) is 0.133. The van der Waals surface area contributed by atoms with Crippen LogP contribution >= 0.6 is 0 Å². The van der Waals surface area contributed by atoms with Gasteiger partial charge in [-0.3, -0.25) is 14.9 Å². The quantitative estimate of drug-likeness (QED) is 0.487. The predicted molar refractivity (Wildman–Crippen MR) is 72.3 cm³/mol. The Kier molecular flexibility index (Phi) is 3.89. The van der Waals surface area contributed by atoms with Crippen molar-refractivity contribution in [1.82, 2.24) is 0 Å². The average molecular weight is 273 g/mol. The van der Waals surface area contributed by atoms with Gasteiger partial charge in [0.1, 0.15) is 5.82 Å². The van der Waals surface area contributed by atoms with Crippen LogP contribution in [0.15, 0.2) is 42.5 Å². The summed E-state index contributed by atoms with van der Waals surface area (Å²) >= 11 is 0. The molecule has 0 aliphatic carbocycles. The number of benzene rings is 2. The van der Waals surface area contributed by atoms with Crippen molar-refractivity contribution < 1.29 is 14.1 Å². The molecule has 2 rings (SSSR count). The summed E-state index contributed by atoms with van der Waals surface area (Å²) < 4.78 is 13.1. The van der Waals surface area contributed by atoms with E-state index in [4.69, 9.17) is 0 Å². The zero-order valence-corrected chi connectivity index (χ0v) is 10.8. The van der Waals surface area contributed by atoms with Crippen LogP contribution in [0, 0.1) is 22.9 Å². The predicted octanol–water partition coefficient (Wildman–Crippen LogP) is 3.47. The number of nitrogens with zero attached hydrogens (tertiary/aromatic N) is 1. The zero-order valence-electron chi connectivity index (χ0n) is 10.8. The molecule has 0 aromatic heterocycles. The Morgan fingerprint density at radius 3 is 2.65 bits per heavy atom. The van der Waals surface area contributed by atoms with Crippen molar-refractivity contribution in [1.29, 1.82) is 0 Å². The largest absolute Gasteiger partial charge is 0.294 e. The van der Waals surface area contributed by atoms with Crippen LogP contribution in [0.2, 0.25) is 0 Å². The van der Waals surface area contributed by atoms with Crippen molar-refractivity contribution in [2.75, 3.05) is 0 Å². The molecule has 0 N–H and O–H groups in total. The Morgan fingerprint density at radius 1 is 1.25 bits per heavy atom. The van der Waals surface area contributed by atoms with Gasteiger partial charge in [0.25, 0.3) is 5.69 Å². The number of carbonyl (C=O) groups excluding carboxylic acids is 1. The van der Waals surface area contributed by atoms with Gasteiger partial charge in [-0.1, -0.05) is 18.2 Å². The van der Waals surface area contributed by atoms with Gasteiger partial charge in [-0.15, -0.1) is 0 Å². The first-order valence-corrected chi connectivity index (χ1v) is 6.00. The molecule has 0 fully saturated rings. The molecule has 0 saturated heterocycles. The number of hydrogen-bond acceptors (Lipinski definition) is 3. The van der Waals surface area contributed by atoms with E-state index in [0.717, 1.165) is 5.56 Å². The molecule has 0 bridgehead atoms. The lowest BCUT2D eigenvalue weighted by atomic mass is 10.00. The lowest BCUT2D eigenvalue weighted by Gasteiger charge is -2.04. The number of ketones is 1. The van der Waals surface area contributed by atoms with Gasteiger partial charge in [-0.05, 0) is 36.2 Å². The van der Waals surface area contributed by atoms with Crippen molar-refractivity contribution in [2.45, 2.75) is 13.3 Å². The van der Waals surface area contributed by atoms with E-state index < -0.39 is 16.5 Å². The van der Waals surface area contributed by atoms with Gasteiger partial charge < -0.3 is 0 Å². The Hall–Kier alpha value is -2.56. The maximum absolute atomic E-state index is 13.1. The zero-order chi connectivity index (χ0) is 14.7. The third kappa shape index (κ3) is 3.06. The fourth-order valence-electron chi connectivity index (χ4n) is 1.96. The van der Waals surface area contributed by atoms with E-state index in [9.17, 15) is 19.3 Å². The van der Waals surface area contributed by atoms with Gasteiger partial charge in [-0.2, -0.15) is 0 Å². The van der Waals surface area contributed by atoms with Crippen LogP contribution in [0.4, 0.5) is 10.1 Å². The van der Waals surface area contributed by atoms with E-state index in [1.54, 1.807) is 19.1 Å². The molecule has 0 unspecified atom stereocenters. The summed E-state index contributed by atoms with van der Waals surface area (Å²) in [7, 11) is 0. The second-order valence-corrected chi connectivity index (χ2v) is 4.51. The average Bonchev–Trinajstić information content (AvgIpc) is 2.38. The second kappa shape index (κ2) is 5.61. The van der Waals surface area contributed by atoms with Gasteiger partial charge in [0, 0.05) is 12.5 Å². The molecule has 0 aliphatic rings. The summed E-state index contributed by atoms with van der Waals surface area (Å²) in [6, 6.07) is 10.0. The number of nitro groups is 1. The summed E-state index contributed by atoms with van der Waals surface area (Å²) in [5.74, 6) is -0.833. The minimum Gasteiger partial charge on any atom is -0.294 e. The molecule has 0 atom stereocenters. The molecule has 0 radical (unpaired) electrons. The van der Waals surface area contributed by atoms with Crippen LogP contribution in [0.1, 0.15) is 21.5 Å². The summed E-state index contributed by atoms with van der Waals surface area (Å²) in [4.78, 5) is 22.5. The third-order valence-corrected chi connectivity index (χ3v) is 2.90. The lowest BCUT2D eigenvalue weighted by molar-refractivity contribution is -0.385. The molecule has 102 valence electrons. The summed E-state index contributed by atoms with van der Waals surface area (Å²) in [5.41, 5.74) is 1.08. The van der Waals surface area contributed by atoms with Crippen molar-refractivity contribution in [2.24, 2.45) is 0 Å². The lowest BCUT2D eigenvalue weighted by Crippen LogP contribution is -2.07. The highest BCUT2D eigenvalue weighted by Gasteiger charge is 2.20. The maximum atomic E-state index is 13.1. The first-order valence-electron chi connectivity index (χ1n) is 6.00. The Labute approximate surface area is 115 Å². The van der Waals surface area contributed by atoms with Crippen LogP contribution in [-0.4, -0.2) is 10.7 Å². The molecule has 2 aromatic carbocycles. The Bertz CT molecular complexity index is 683. The van der Waals surface area contributed by atoms with Crippen LogP contribution in [0.3, 0.4) is 0 Å². The SMILES string of the molecule is Cc1ccc([N+](=O)[O-])c(C(=O)Cc2cccc(F)c2)c1. The molecular formula is C15H12FNO3. The van der Waals surface area contributed by atoms with E-state index in [1.165, 1.54) is 30.3 Å².